The van der Waals surface area contributed by atoms with Crippen LogP contribution >= 0.6 is 0 Å². The van der Waals surface area contributed by atoms with Crippen LogP contribution in [-0.4, -0.2) is 37.3 Å². The summed E-state index contributed by atoms with van der Waals surface area (Å²) in [5.74, 6) is -1.39. The lowest BCUT2D eigenvalue weighted by Gasteiger charge is -2.17. The summed E-state index contributed by atoms with van der Waals surface area (Å²) in [6.07, 6.45) is 0.918. The van der Waals surface area contributed by atoms with Crippen LogP contribution in [0.25, 0.3) is 0 Å². The van der Waals surface area contributed by atoms with E-state index in [-0.39, 0.29) is 11.8 Å². The molecule has 3 N–H and O–H groups in total. The minimum atomic E-state index is -0.621. The third-order valence-corrected chi connectivity index (χ3v) is 4.23. The normalized spacial score (nSPS) is 12.4. The fourth-order valence-corrected chi connectivity index (χ4v) is 2.77. The molecule has 0 atom stereocenters. The SMILES string of the molecule is CNC(=O)c1ccc(NC(=O)COC(=O)c2ccc3c(c2)CCC(=O)N3)cc1. The van der Waals surface area contributed by atoms with Gasteiger partial charge in [-0.15, -0.1) is 0 Å². The van der Waals surface area contributed by atoms with Gasteiger partial charge in [0.1, 0.15) is 0 Å². The number of rotatable bonds is 5. The topological polar surface area (TPSA) is 114 Å². The Labute approximate surface area is 161 Å². The van der Waals surface area contributed by atoms with Crippen LogP contribution in [0.4, 0.5) is 11.4 Å². The first-order valence-electron chi connectivity index (χ1n) is 8.68. The predicted octanol–water partition coefficient (Wildman–Crippen LogP) is 1.73. The molecule has 0 saturated heterocycles. The molecule has 0 aliphatic carbocycles. The molecule has 28 heavy (non-hydrogen) atoms. The number of carbonyl (C=O) groups excluding carboxylic acids is 4. The fraction of sp³-hybridized carbons (Fsp3) is 0.200. The molecule has 3 amide bonds. The van der Waals surface area contributed by atoms with Gasteiger partial charge in [0.2, 0.25) is 5.91 Å². The third kappa shape index (κ3) is 4.53. The van der Waals surface area contributed by atoms with Crippen molar-refractivity contribution in [1.82, 2.24) is 5.32 Å². The van der Waals surface area contributed by atoms with Gasteiger partial charge >= 0.3 is 5.97 Å². The van der Waals surface area contributed by atoms with E-state index >= 15 is 0 Å². The van der Waals surface area contributed by atoms with Crippen molar-refractivity contribution in [2.75, 3.05) is 24.3 Å². The minimum Gasteiger partial charge on any atom is -0.452 e. The molecule has 2 aromatic carbocycles. The fourth-order valence-electron chi connectivity index (χ4n) is 2.77. The standard InChI is InChI=1S/C20H19N3O5/c1-21-19(26)12-2-6-15(7-3-12)22-18(25)11-28-20(27)14-4-8-16-13(10-14)5-9-17(24)23-16/h2-4,6-8,10H,5,9,11H2,1H3,(H,21,26)(H,22,25)(H,23,24). The first-order valence-corrected chi connectivity index (χ1v) is 8.68. The lowest BCUT2D eigenvalue weighted by molar-refractivity contribution is -0.119. The summed E-state index contributed by atoms with van der Waals surface area (Å²) in [5.41, 5.74) is 2.81. The Bertz CT molecular complexity index is 937. The summed E-state index contributed by atoms with van der Waals surface area (Å²) in [6, 6.07) is 11.2. The number of nitrogens with one attached hydrogen (secondary N) is 3. The molecule has 1 aliphatic rings. The average molecular weight is 381 g/mol. The number of hydrogen-bond donors (Lipinski definition) is 3. The highest BCUT2D eigenvalue weighted by Gasteiger charge is 2.18. The number of hydrogen-bond acceptors (Lipinski definition) is 5. The van der Waals surface area contributed by atoms with Crippen molar-refractivity contribution in [2.24, 2.45) is 0 Å². The number of anilines is 2. The number of fused-ring (bicyclic) bond motifs is 1. The predicted molar refractivity (Wildman–Crippen MR) is 102 cm³/mol. The van der Waals surface area contributed by atoms with E-state index in [0.29, 0.717) is 35.3 Å². The van der Waals surface area contributed by atoms with Crippen molar-refractivity contribution in [3.8, 4) is 0 Å². The van der Waals surface area contributed by atoms with Gasteiger partial charge in [-0.1, -0.05) is 0 Å². The van der Waals surface area contributed by atoms with Crippen LogP contribution < -0.4 is 16.0 Å². The van der Waals surface area contributed by atoms with Crippen molar-refractivity contribution >= 4 is 35.1 Å². The summed E-state index contributed by atoms with van der Waals surface area (Å²) in [7, 11) is 1.53. The molecule has 1 aliphatic heterocycles. The van der Waals surface area contributed by atoms with E-state index in [1.54, 1.807) is 42.5 Å². The molecule has 0 saturated carbocycles. The van der Waals surface area contributed by atoms with E-state index in [9.17, 15) is 19.2 Å². The van der Waals surface area contributed by atoms with Gasteiger partial charge in [0.15, 0.2) is 6.61 Å². The molecular formula is C20H19N3O5. The molecular weight excluding hydrogens is 362 g/mol. The largest absolute Gasteiger partial charge is 0.452 e. The van der Waals surface area contributed by atoms with Crippen LogP contribution in [0.3, 0.4) is 0 Å². The van der Waals surface area contributed by atoms with Crippen LogP contribution in [0, 0.1) is 0 Å². The number of ether oxygens (including phenoxy) is 1. The zero-order valence-corrected chi connectivity index (χ0v) is 15.2. The summed E-state index contributed by atoms with van der Waals surface area (Å²) < 4.78 is 5.05. The molecule has 0 spiro atoms. The van der Waals surface area contributed by atoms with E-state index in [0.717, 1.165) is 5.56 Å². The lowest BCUT2D eigenvalue weighted by atomic mass is 10.0. The lowest BCUT2D eigenvalue weighted by Crippen LogP contribution is -2.22. The Balaban J connectivity index is 1.53. The number of carbonyl (C=O) groups is 4. The number of esters is 1. The van der Waals surface area contributed by atoms with E-state index in [1.165, 1.54) is 7.05 Å². The summed E-state index contributed by atoms with van der Waals surface area (Å²) >= 11 is 0. The molecule has 0 radical (unpaired) electrons. The van der Waals surface area contributed by atoms with Gasteiger partial charge < -0.3 is 20.7 Å². The highest BCUT2D eigenvalue weighted by Crippen LogP contribution is 2.23. The van der Waals surface area contributed by atoms with Gasteiger partial charge in [0.05, 0.1) is 5.56 Å². The number of amides is 3. The average Bonchev–Trinajstić information content (AvgIpc) is 2.71. The van der Waals surface area contributed by atoms with Crippen LogP contribution in [0.15, 0.2) is 42.5 Å². The molecule has 3 rings (SSSR count). The van der Waals surface area contributed by atoms with Crippen LogP contribution in [0.2, 0.25) is 0 Å². The van der Waals surface area contributed by atoms with Crippen molar-refractivity contribution in [2.45, 2.75) is 12.8 Å². The van der Waals surface area contributed by atoms with Crippen molar-refractivity contribution < 1.29 is 23.9 Å². The van der Waals surface area contributed by atoms with Crippen LogP contribution in [-0.2, 0) is 20.7 Å². The van der Waals surface area contributed by atoms with Crippen molar-refractivity contribution in [3.05, 3.63) is 59.2 Å². The van der Waals surface area contributed by atoms with Crippen LogP contribution in [0.5, 0.6) is 0 Å². The monoisotopic (exact) mass is 381 g/mol. The maximum atomic E-state index is 12.2. The minimum absolute atomic E-state index is 0.0529. The van der Waals surface area contributed by atoms with Crippen molar-refractivity contribution in [1.29, 1.82) is 0 Å². The highest BCUT2D eigenvalue weighted by molar-refractivity contribution is 5.98. The molecule has 0 aromatic heterocycles. The van der Waals surface area contributed by atoms with Gasteiger partial charge in [-0.2, -0.15) is 0 Å². The summed E-state index contributed by atoms with van der Waals surface area (Å²) in [5, 5.41) is 7.84. The first kappa shape index (κ1) is 19.1. The van der Waals surface area contributed by atoms with E-state index in [2.05, 4.69) is 16.0 Å². The summed E-state index contributed by atoms with van der Waals surface area (Å²) in [4.78, 5) is 47.0. The molecule has 2 aromatic rings. The molecule has 0 unspecified atom stereocenters. The second kappa shape index (κ2) is 8.34. The Morgan fingerprint density at radius 1 is 1.04 bits per heavy atom. The second-order valence-electron chi connectivity index (χ2n) is 6.20. The summed E-state index contributed by atoms with van der Waals surface area (Å²) in [6.45, 7) is -0.441. The smallest absolute Gasteiger partial charge is 0.338 e. The van der Waals surface area contributed by atoms with Gasteiger partial charge in [0, 0.05) is 30.4 Å². The quantitative estimate of drug-likeness (QED) is 0.683. The molecule has 0 bridgehead atoms. The molecule has 8 nitrogen and oxygen atoms in total. The zero-order chi connectivity index (χ0) is 20.1. The van der Waals surface area contributed by atoms with Crippen molar-refractivity contribution in [3.63, 3.8) is 0 Å². The Morgan fingerprint density at radius 3 is 2.46 bits per heavy atom. The molecule has 0 fully saturated rings. The third-order valence-electron chi connectivity index (χ3n) is 4.23. The molecule has 144 valence electrons. The van der Waals surface area contributed by atoms with E-state index in [4.69, 9.17) is 4.74 Å². The van der Waals surface area contributed by atoms with Gasteiger partial charge in [-0.25, -0.2) is 4.79 Å². The van der Waals surface area contributed by atoms with E-state index in [1.807, 2.05) is 0 Å². The highest BCUT2D eigenvalue weighted by atomic mass is 16.5. The zero-order valence-electron chi connectivity index (χ0n) is 15.2. The molecule has 8 heteroatoms. The van der Waals surface area contributed by atoms with Gasteiger partial charge in [-0.05, 0) is 54.4 Å². The van der Waals surface area contributed by atoms with Gasteiger partial charge in [-0.3, -0.25) is 14.4 Å². The Morgan fingerprint density at radius 2 is 1.75 bits per heavy atom. The first-order chi connectivity index (χ1) is 13.5. The van der Waals surface area contributed by atoms with E-state index < -0.39 is 18.5 Å². The van der Waals surface area contributed by atoms with Gasteiger partial charge in [0.25, 0.3) is 11.8 Å². The Hall–Kier alpha value is -3.68. The maximum Gasteiger partial charge on any atom is 0.338 e. The Kier molecular flexibility index (Phi) is 5.69. The number of benzene rings is 2. The maximum absolute atomic E-state index is 12.2. The molecule has 1 heterocycles. The number of aryl methyl sites for hydroxylation is 1. The van der Waals surface area contributed by atoms with Crippen LogP contribution in [0.1, 0.15) is 32.7 Å². The second-order valence-corrected chi connectivity index (χ2v) is 6.20.